The average molecular weight is 461 g/mol. The number of amides is 1. The van der Waals surface area contributed by atoms with Crippen molar-refractivity contribution in [1.82, 2.24) is 4.98 Å². The molecule has 11 heteroatoms. The van der Waals surface area contributed by atoms with Crippen LogP contribution in [0.2, 0.25) is 0 Å². The number of ether oxygens (including phenoxy) is 1. The summed E-state index contributed by atoms with van der Waals surface area (Å²) < 4.78 is 48.7. The number of benzene rings is 1. The number of hydrogen-bond acceptors (Lipinski definition) is 7. The molecule has 3 heterocycles. The van der Waals surface area contributed by atoms with Crippen LogP contribution in [-0.2, 0) is 4.74 Å². The van der Waals surface area contributed by atoms with E-state index in [9.17, 15) is 18.0 Å². The van der Waals surface area contributed by atoms with E-state index in [1.807, 2.05) is 6.07 Å². The van der Waals surface area contributed by atoms with E-state index >= 15 is 0 Å². The highest BCUT2D eigenvalue weighted by molar-refractivity contribution is 8.13. The van der Waals surface area contributed by atoms with Crippen molar-refractivity contribution >= 4 is 28.5 Å². The quantitative estimate of drug-likeness (QED) is 0.721. The van der Waals surface area contributed by atoms with Crippen molar-refractivity contribution in [3.8, 4) is 6.07 Å². The molecule has 0 bridgehead atoms. The average Bonchev–Trinajstić information content (AvgIpc) is 3.14. The third-order valence-electron chi connectivity index (χ3n) is 5.32. The van der Waals surface area contributed by atoms with Gasteiger partial charge >= 0.3 is 0 Å². The van der Waals surface area contributed by atoms with Crippen LogP contribution < -0.4 is 11.1 Å². The Morgan fingerprint density at radius 3 is 2.81 bits per heavy atom. The van der Waals surface area contributed by atoms with Crippen LogP contribution in [0.1, 0.15) is 34.6 Å². The fraction of sp³-hybridized carbons (Fsp3) is 0.333. The van der Waals surface area contributed by atoms with Gasteiger partial charge < -0.3 is 15.8 Å². The lowest BCUT2D eigenvalue weighted by atomic mass is 9.90. The zero-order chi connectivity index (χ0) is 23.0. The van der Waals surface area contributed by atoms with Gasteiger partial charge in [0.15, 0.2) is 5.17 Å². The van der Waals surface area contributed by atoms with Gasteiger partial charge in [-0.2, -0.15) is 5.26 Å². The van der Waals surface area contributed by atoms with Gasteiger partial charge in [0.25, 0.3) is 11.8 Å². The molecule has 0 radical (unpaired) electrons. The van der Waals surface area contributed by atoms with Crippen LogP contribution in [0.5, 0.6) is 0 Å². The molecule has 32 heavy (non-hydrogen) atoms. The molecular weight excluding hydrogens is 443 g/mol. The summed E-state index contributed by atoms with van der Waals surface area (Å²) >= 11 is 1.16. The number of rotatable bonds is 4. The maximum absolute atomic E-state index is 14.7. The molecule has 7 nitrogen and oxygen atoms in total. The van der Waals surface area contributed by atoms with Crippen LogP contribution in [0.15, 0.2) is 41.5 Å². The summed E-state index contributed by atoms with van der Waals surface area (Å²) in [6.07, 6.45) is -1.27. The molecule has 1 amide bonds. The van der Waals surface area contributed by atoms with Crippen LogP contribution in [0, 0.1) is 23.1 Å². The number of nitrogens with one attached hydrogen (secondary N) is 1. The summed E-state index contributed by atoms with van der Waals surface area (Å²) in [6.45, 7) is 0.765. The van der Waals surface area contributed by atoms with Crippen LogP contribution in [-0.4, -0.2) is 39.9 Å². The predicted octanol–water partition coefficient (Wildman–Crippen LogP) is 3.49. The first kappa shape index (κ1) is 22.1. The maximum Gasteiger partial charge on any atom is 0.274 e. The number of nitrogens with zero attached hydrogens (tertiary/aromatic N) is 3. The number of carbonyl (C=O) groups excluding carboxylic acids is 1. The minimum atomic E-state index is -3.15. The van der Waals surface area contributed by atoms with Crippen molar-refractivity contribution in [2.24, 2.45) is 16.6 Å². The molecule has 1 aromatic carbocycles. The van der Waals surface area contributed by atoms with E-state index in [2.05, 4.69) is 15.3 Å². The van der Waals surface area contributed by atoms with Gasteiger partial charge in [-0.3, -0.25) is 9.79 Å². The van der Waals surface area contributed by atoms with Crippen molar-refractivity contribution in [3.05, 3.63) is 59.2 Å². The van der Waals surface area contributed by atoms with Gasteiger partial charge in [-0.1, -0.05) is 11.8 Å². The zero-order valence-electron chi connectivity index (χ0n) is 16.8. The van der Waals surface area contributed by atoms with Crippen LogP contribution in [0.3, 0.4) is 0 Å². The van der Waals surface area contributed by atoms with Crippen molar-refractivity contribution in [2.75, 3.05) is 11.1 Å². The number of anilines is 1. The monoisotopic (exact) mass is 461 g/mol. The Morgan fingerprint density at radius 1 is 1.38 bits per heavy atom. The number of nitriles is 1. The highest BCUT2D eigenvalue weighted by Gasteiger charge is 2.55. The van der Waals surface area contributed by atoms with Crippen molar-refractivity contribution in [1.29, 1.82) is 5.26 Å². The van der Waals surface area contributed by atoms with Crippen molar-refractivity contribution < 1.29 is 22.7 Å². The van der Waals surface area contributed by atoms with Crippen LogP contribution in [0.25, 0.3) is 0 Å². The van der Waals surface area contributed by atoms with Crippen molar-refractivity contribution in [2.45, 2.75) is 31.1 Å². The first-order valence-corrected chi connectivity index (χ1v) is 10.6. The Kier molecular flexibility index (Phi) is 5.83. The number of pyridine rings is 1. The molecule has 2 aromatic rings. The second kappa shape index (κ2) is 8.44. The number of hydrogen-bond donors (Lipinski definition) is 2. The molecule has 1 saturated heterocycles. The molecular formula is C21H18F3N5O2S. The fourth-order valence-corrected chi connectivity index (χ4v) is 4.77. The summed E-state index contributed by atoms with van der Waals surface area (Å²) in [5, 5.41) is 11.6. The third kappa shape index (κ3) is 4.28. The molecule has 2 aliphatic heterocycles. The number of amidine groups is 1. The molecule has 1 aromatic heterocycles. The number of fused-ring (bicyclic) bond motifs is 1. The smallest absolute Gasteiger partial charge is 0.274 e. The summed E-state index contributed by atoms with van der Waals surface area (Å²) in [7, 11) is 0. The second-order valence-corrected chi connectivity index (χ2v) is 8.64. The Morgan fingerprint density at radius 2 is 2.16 bits per heavy atom. The lowest BCUT2D eigenvalue weighted by Crippen LogP contribution is -2.40. The van der Waals surface area contributed by atoms with E-state index in [-0.39, 0.29) is 27.9 Å². The van der Waals surface area contributed by atoms with Gasteiger partial charge in [0, 0.05) is 36.0 Å². The van der Waals surface area contributed by atoms with Gasteiger partial charge in [-0.25, -0.2) is 18.2 Å². The normalized spacial score (nSPS) is 24.9. The highest BCUT2D eigenvalue weighted by Crippen LogP contribution is 2.48. The van der Waals surface area contributed by atoms with Gasteiger partial charge in [0.2, 0.25) is 0 Å². The Labute approximate surface area is 185 Å². The van der Waals surface area contributed by atoms with Gasteiger partial charge in [0.1, 0.15) is 29.8 Å². The molecule has 0 spiro atoms. The number of aromatic nitrogens is 1. The van der Waals surface area contributed by atoms with E-state index < -0.39 is 41.8 Å². The molecule has 0 aliphatic carbocycles. The number of halogens is 3. The third-order valence-corrected chi connectivity index (χ3v) is 6.27. The Bertz CT molecular complexity index is 1110. The molecule has 4 rings (SSSR count). The standard InChI is InChI=1S/C21H18F3N5O2S/c1-21(23,24)18-13-9-32-20(26)29-16(13)17(31-18)12-6-11(3-4-14(12)22)28-19(30)15-5-2-10(7-25)8-27-15/h2-6,8,13,16-18H,9H2,1H3,(H2,26,29)(H,28,30)/t13-,16?,17-,18-/m0/s1. The largest absolute Gasteiger partial charge is 0.379 e. The highest BCUT2D eigenvalue weighted by atomic mass is 32.2. The lowest BCUT2D eigenvalue weighted by Gasteiger charge is -2.27. The molecule has 1 fully saturated rings. The first-order valence-electron chi connectivity index (χ1n) is 9.63. The van der Waals surface area contributed by atoms with Crippen LogP contribution in [0.4, 0.5) is 18.9 Å². The summed E-state index contributed by atoms with van der Waals surface area (Å²) in [6, 6.07) is 7.76. The SMILES string of the molecule is CC(F)(F)[C@H]1O[C@@H](c2cc(NC(=O)c3ccc(C#N)cn3)ccc2F)C2N=C(N)SC[C@@H]21. The Balaban J connectivity index is 1.62. The van der Waals surface area contributed by atoms with E-state index in [1.54, 1.807) is 0 Å². The number of aliphatic imine (C=N–C) groups is 1. The molecule has 0 saturated carbocycles. The first-order chi connectivity index (χ1) is 15.2. The minimum Gasteiger partial charge on any atom is -0.379 e. The maximum atomic E-state index is 14.7. The minimum absolute atomic E-state index is 0.000729. The zero-order valence-corrected chi connectivity index (χ0v) is 17.6. The predicted molar refractivity (Wildman–Crippen MR) is 113 cm³/mol. The van der Waals surface area contributed by atoms with Gasteiger partial charge in [-0.15, -0.1) is 0 Å². The summed E-state index contributed by atoms with van der Waals surface area (Å²) in [5.74, 6) is -4.75. The lowest BCUT2D eigenvalue weighted by molar-refractivity contribution is -0.130. The molecule has 3 N–H and O–H groups in total. The number of alkyl halides is 2. The molecule has 1 unspecified atom stereocenters. The molecule has 166 valence electrons. The molecule has 2 aliphatic rings. The second-order valence-electron chi connectivity index (χ2n) is 7.60. The number of nitrogens with two attached hydrogens (primary N) is 1. The van der Waals surface area contributed by atoms with Gasteiger partial charge in [0.05, 0.1) is 11.6 Å². The number of thioether (sulfide) groups is 1. The fourth-order valence-electron chi connectivity index (χ4n) is 3.84. The number of carbonyl (C=O) groups is 1. The van der Waals surface area contributed by atoms with E-state index in [0.29, 0.717) is 5.56 Å². The summed E-state index contributed by atoms with van der Waals surface area (Å²) in [5.41, 5.74) is 6.38. The van der Waals surface area contributed by atoms with Crippen molar-refractivity contribution in [3.63, 3.8) is 0 Å². The van der Waals surface area contributed by atoms with Crippen LogP contribution >= 0.6 is 11.8 Å². The van der Waals surface area contributed by atoms with E-state index in [4.69, 9.17) is 15.7 Å². The summed E-state index contributed by atoms with van der Waals surface area (Å²) in [4.78, 5) is 20.6. The molecule has 4 atom stereocenters. The Hall–Kier alpha value is -3.10. The van der Waals surface area contributed by atoms with Gasteiger partial charge in [-0.05, 0) is 30.3 Å². The van der Waals surface area contributed by atoms with E-state index in [0.717, 1.165) is 24.8 Å². The topological polar surface area (TPSA) is 113 Å². The van der Waals surface area contributed by atoms with E-state index in [1.165, 1.54) is 30.5 Å².